The van der Waals surface area contributed by atoms with Crippen molar-refractivity contribution in [3.63, 3.8) is 0 Å². The lowest BCUT2D eigenvalue weighted by Crippen LogP contribution is -2.35. The monoisotopic (exact) mass is 280 g/mol. The smallest absolute Gasteiger partial charge is 0.144 e. The largest absolute Gasteiger partial charge is 0.383 e. The number of nitrogens with one attached hydrogen (secondary N) is 1. The summed E-state index contributed by atoms with van der Waals surface area (Å²) in [7, 11) is 1.74. The summed E-state index contributed by atoms with van der Waals surface area (Å²) in [6, 6.07) is 2.48. The molecular formula is C15H28N4O. The van der Waals surface area contributed by atoms with Gasteiger partial charge in [0.15, 0.2) is 0 Å². The van der Waals surface area contributed by atoms with Gasteiger partial charge in [0.2, 0.25) is 0 Å². The first kappa shape index (κ1) is 16.9. The van der Waals surface area contributed by atoms with Crippen LogP contribution in [0.1, 0.15) is 38.7 Å². The molecule has 0 bridgehead atoms. The summed E-state index contributed by atoms with van der Waals surface area (Å²) in [6.07, 6.45) is 1.11. The Morgan fingerprint density at radius 3 is 2.70 bits per heavy atom. The van der Waals surface area contributed by atoms with Gasteiger partial charge >= 0.3 is 0 Å². The van der Waals surface area contributed by atoms with E-state index in [1.54, 1.807) is 7.11 Å². The number of methoxy groups -OCH3 is 1. The highest BCUT2D eigenvalue weighted by Gasteiger charge is 2.14. The zero-order valence-electron chi connectivity index (χ0n) is 13.4. The Balaban J connectivity index is 2.80. The standard InChI is InChI=1S/C15H28N4O/c1-6-13(4)19(8-9-20-5)11-15-17-12(3)10-14(18-15)16-7-2/h10,13H,6-9,11H2,1-5H3,(H,16,17,18). The topological polar surface area (TPSA) is 50.3 Å². The van der Waals surface area contributed by atoms with E-state index in [0.717, 1.165) is 50.0 Å². The molecule has 5 heteroatoms. The molecule has 0 amide bonds. The first-order chi connectivity index (χ1) is 9.60. The Labute approximate surface area is 122 Å². The number of aryl methyl sites for hydroxylation is 1. The lowest BCUT2D eigenvalue weighted by Gasteiger charge is -2.27. The van der Waals surface area contributed by atoms with Crippen LogP contribution in [0.2, 0.25) is 0 Å². The van der Waals surface area contributed by atoms with Crippen LogP contribution >= 0.6 is 0 Å². The number of ether oxygens (including phenoxy) is 1. The van der Waals surface area contributed by atoms with Gasteiger partial charge in [-0.15, -0.1) is 0 Å². The van der Waals surface area contributed by atoms with Crippen LogP contribution in [0, 0.1) is 6.92 Å². The minimum atomic E-state index is 0.497. The quantitative estimate of drug-likeness (QED) is 0.753. The summed E-state index contributed by atoms with van der Waals surface area (Å²) in [6.45, 7) is 11.8. The highest BCUT2D eigenvalue weighted by atomic mass is 16.5. The first-order valence-electron chi connectivity index (χ1n) is 7.42. The van der Waals surface area contributed by atoms with Gasteiger partial charge in [0.25, 0.3) is 0 Å². The number of rotatable bonds is 9. The van der Waals surface area contributed by atoms with Gasteiger partial charge in [0.05, 0.1) is 13.2 Å². The maximum absolute atomic E-state index is 5.20. The Bertz CT molecular complexity index is 397. The highest BCUT2D eigenvalue weighted by molar-refractivity contribution is 5.35. The second-order valence-electron chi connectivity index (χ2n) is 5.06. The summed E-state index contributed by atoms with van der Waals surface area (Å²) in [5.41, 5.74) is 1.00. The van der Waals surface area contributed by atoms with Gasteiger partial charge in [-0.2, -0.15) is 0 Å². The van der Waals surface area contributed by atoms with Crippen LogP contribution in [-0.2, 0) is 11.3 Å². The van der Waals surface area contributed by atoms with Crippen LogP contribution in [0.3, 0.4) is 0 Å². The van der Waals surface area contributed by atoms with Crippen molar-refractivity contribution in [1.82, 2.24) is 14.9 Å². The van der Waals surface area contributed by atoms with Crippen molar-refractivity contribution in [1.29, 1.82) is 0 Å². The molecule has 0 radical (unpaired) electrons. The van der Waals surface area contributed by atoms with Gasteiger partial charge < -0.3 is 10.1 Å². The van der Waals surface area contributed by atoms with Crippen molar-refractivity contribution >= 4 is 5.82 Å². The fourth-order valence-electron chi connectivity index (χ4n) is 2.08. The molecule has 5 nitrogen and oxygen atoms in total. The van der Waals surface area contributed by atoms with E-state index >= 15 is 0 Å². The molecule has 1 aromatic heterocycles. The molecule has 0 aliphatic rings. The Morgan fingerprint density at radius 2 is 2.10 bits per heavy atom. The normalized spacial score (nSPS) is 12.7. The van der Waals surface area contributed by atoms with Crippen molar-refractivity contribution < 1.29 is 4.74 Å². The van der Waals surface area contributed by atoms with Crippen LogP contribution < -0.4 is 5.32 Å². The number of hydrogen-bond acceptors (Lipinski definition) is 5. The molecule has 0 saturated heterocycles. The van der Waals surface area contributed by atoms with Crippen molar-refractivity contribution in [3.05, 3.63) is 17.6 Å². The molecular weight excluding hydrogens is 252 g/mol. The van der Waals surface area contributed by atoms with Crippen molar-refractivity contribution in [3.8, 4) is 0 Å². The summed E-state index contributed by atoms with van der Waals surface area (Å²) in [5.74, 6) is 1.78. The van der Waals surface area contributed by atoms with Gasteiger partial charge in [0.1, 0.15) is 11.6 Å². The molecule has 1 N–H and O–H groups in total. The van der Waals surface area contributed by atoms with Crippen molar-refractivity contribution in [2.75, 3.05) is 32.1 Å². The molecule has 0 aliphatic carbocycles. The van der Waals surface area contributed by atoms with Crippen LogP contribution in [0.5, 0.6) is 0 Å². The summed E-state index contributed by atoms with van der Waals surface area (Å²) in [5, 5.41) is 3.25. The van der Waals surface area contributed by atoms with E-state index in [0.29, 0.717) is 6.04 Å². The number of nitrogens with zero attached hydrogens (tertiary/aromatic N) is 3. The molecule has 0 fully saturated rings. The molecule has 1 rings (SSSR count). The van der Waals surface area contributed by atoms with Gasteiger partial charge in [-0.25, -0.2) is 9.97 Å². The van der Waals surface area contributed by atoms with E-state index < -0.39 is 0 Å². The van der Waals surface area contributed by atoms with Crippen molar-refractivity contribution in [2.45, 2.75) is 46.7 Å². The first-order valence-corrected chi connectivity index (χ1v) is 7.42. The lowest BCUT2D eigenvalue weighted by atomic mass is 10.2. The molecule has 1 atom stereocenters. The third kappa shape index (κ3) is 5.43. The Hall–Kier alpha value is -1.20. The van der Waals surface area contributed by atoms with Crippen LogP contribution in [0.25, 0.3) is 0 Å². The Morgan fingerprint density at radius 1 is 1.35 bits per heavy atom. The Kier molecular flexibility index (Phi) is 7.47. The van der Waals surface area contributed by atoms with E-state index in [1.165, 1.54) is 0 Å². The molecule has 1 unspecified atom stereocenters. The lowest BCUT2D eigenvalue weighted by molar-refractivity contribution is 0.116. The summed E-state index contributed by atoms with van der Waals surface area (Å²) >= 11 is 0. The molecule has 0 aliphatic heterocycles. The van der Waals surface area contributed by atoms with Gasteiger partial charge in [-0.05, 0) is 27.2 Å². The molecule has 20 heavy (non-hydrogen) atoms. The minimum absolute atomic E-state index is 0.497. The van der Waals surface area contributed by atoms with E-state index in [9.17, 15) is 0 Å². The molecule has 114 valence electrons. The summed E-state index contributed by atoms with van der Waals surface area (Å²) < 4.78 is 5.20. The zero-order valence-corrected chi connectivity index (χ0v) is 13.4. The predicted molar refractivity (Wildman–Crippen MR) is 83.0 cm³/mol. The van der Waals surface area contributed by atoms with Gasteiger partial charge in [0, 0.05) is 38.0 Å². The fourth-order valence-corrected chi connectivity index (χ4v) is 2.08. The number of hydrogen-bond donors (Lipinski definition) is 1. The van der Waals surface area contributed by atoms with Gasteiger partial charge in [-0.3, -0.25) is 4.90 Å². The molecule has 0 saturated carbocycles. The minimum Gasteiger partial charge on any atom is -0.383 e. The predicted octanol–water partition coefficient (Wildman–Crippen LogP) is 2.46. The van der Waals surface area contributed by atoms with Crippen LogP contribution in [0.15, 0.2) is 6.07 Å². The molecule has 0 aromatic carbocycles. The van der Waals surface area contributed by atoms with E-state index in [-0.39, 0.29) is 0 Å². The van der Waals surface area contributed by atoms with Crippen LogP contribution in [0.4, 0.5) is 5.82 Å². The van der Waals surface area contributed by atoms with Crippen LogP contribution in [-0.4, -0.2) is 47.7 Å². The summed E-state index contributed by atoms with van der Waals surface area (Å²) in [4.78, 5) is 11.5. The third-order valence-corrected chi connectivity index (χ3v) is 3.40. The third-order valence-electron chi connectivity index (χ3n) is 3.40. The molecule has 1 heterocycles. The number of anilines is 1. The number of aromatic nitrogens is 2. The van der Waals surface area contributed by atoms with Gasteiger partial charge in [-0.1, -0.05) is 6.92 Å². The van der Waals surface area contributed by atoms with E-state index in [2.05, 4.69) is 41.0 Å². The second kappa shape index (κ2) is 8.87. The average Bonchev–Trinajstić information content (AvgIpc) is 2.42. The molecule has 0 spiro atoms. The fraction of sp³-hybridized carbons (Fsp3) is 0.733. The highest BCUT2D eigenvalue weighted by Crippen LogP contribution is 2.11. The zero-order chi connectivity index (χ0) is 15.0. The maximum Gasteiger partial charge on any atom is 0.144 e. The average molecular weight is 280 g/mol. The SMILES string of the molecule is CCNc1cc(C)nc(CN(CCOC)C(C)CC)n1. The maximum atomic E-state index is 5.20. The molecule has 1 aromatic rings. The van der Waals surface area contributed by atoms with E-state index in [4.69, 9.17) is 4.74 Å². The van der Waals surface area contributed by atoms with E-state index in [1.807, 2.05) is 13.0 Å². The van der Waals surface area contributed by atoms with Crippen molar-refractivity contribution in [2.24, 2.45) is 0 Å². The second-order valence-corrected chi connectivity index (χ2v) is 5.06.